The van der Waals surface area contributed by atoms with Crippen molar-refractivity contribution in [3.8, 4) is 0 Å². The fraction of sp³-hybridized carbons (Fsp3) is 0.733. The maximum atomic E-state index is 12.2. The minimum atomic E-state index is -0.605. The van der Waals surface area contributed by atoms with Gasteiger partial charge in [-0.1, -0.05) is 0 Å². The molecule has 1 N–H and O–H groups in total. The van der Waals surface area contributed by atoms with Crippen LogP contribution in [0.2, 0.25) is 0 Å². The lowest BCUT2D eigenvalue weighted by Gasteiger charge is -2.22. The lowest BCUT2D eigenvalue weighted by atomic mass is 9.98. The largest absolute Gasteiger partial charge is 0.390 e. The van der Waals surface area contributed by atoms with E-state index in [0.717, 1.165) is 41.6 Å². The number of hydrogen-bond donors (Lipinski definition) is 1. The first-order chi connectivity index (χ1) is 9.96. The molecular formula is C15H24N2O2S2. The number of nitrogens with zero attached hydrogens (tertiary/aromatic N) is 2. The Kier molecular flexibility index (Phi) is 6.08. The van der Waals surface area contributed by atoms with Gasteiger partial charge < -0.3 is 10.0 Å². The average molecular weight is 329 g/mol. The van der Waals surface area contributed by atoms with Gasteiger partial charge in [-0.05, 0) is 33.1 Å². The number of aliphatic hydroxyl groups is 1. The van der Waals surface area contributed by atoms with Crippen LogP contribution in [-0.2, 0) is 10.5 Å². The molecule has 21 heavy (non-hydrogen) atoms. The van der Waals surface area contributed by atoms with E-state index in [4.69, 9.17) is 0 Å². The van der Waals surface area contributed by atoms with Crippen LogP contribution in [0.25, 0.3) is 0 Å². The van der Waals surface area contributed by atoms with Crippen LogP contribution in [0.4, 0.5) is 0 Å². The zero-order chi connectivity index (χ0) is 15.3. The number of carbonyl (C=O) groups excluding carboxylic acids is 1. The van der Waals surface area contributed by atoms with Crippen LogP contribution >= 0.6 is 23.1 Å². The van der Waals surface area contributed by atoms with E-state index in [1.165, 1.54) is 0 Å². The molecule has 1 unspecified atom stereocenters. The Labute approximate surface area is 135 Å². The molecule has 0 aliphatic carbocycles. The van der Waals surface area contributed by atoms with E-state index in [1.54, 1.807) is 23.1 Å². The van der Waals surface area contributed by atoms with Gasteiger partial charge in [0.2, 0.25) is 5.91 Å². The van der Waals surface area contributed by atoms with Crippen LogP contribution < -0.4 is 0 Å². The summed E-state index contributed by atoms with van der Waals surface area (Å²) in [6.45, 7) is 5.34. The van der Waals surface area contributed by atoms with Crippen LogP contribution in [0, 0.1) is 6.92 Å². The molecule has 1 saturated heterocycles. The molecule has 4 nitrogen and oxygen atoms in total. The quantitative estimate of drug-likeness (QED) is 0.845. The molecule has 1 aromatic rings. The number of hydrogen-bond acceptors (Lipinski definition) is 5. The normalized spacial score (nSPS) is 23.1. The van der Waals surface area contributed by atoms with Crippen molar-refractivity contribution in [3.05, 3.63) is 16.1 Å². The van der Waals surface area contributed by atoms with E-state index in [1.807, 2.05) is 18.7 Å². The molecule has 118 valence electrons. The van der Waals surface area contributed by atoms with E-state index < -0.39 is 5.60 Å². The Hall–Kier alpha value is -0.590. The fourth-order valence-electron chi connectivity index (χ4n) is 2.48. The Bertz CT molecular complexity index is 474. The summed E-state index contributed by atoms with van der Waals surface area (Å²) in [5.74, 6) is 1.93. The van der Waals surface area contributed by atoms with E-state index in [9.17, 15) is 9.90 Å². The van der Waals surface area contributed by atoms with Gasteiger partial charge in [0.1, 0.15) is 0 Å². The van der Waals surface area contributed by atoms with Gasteiger partial charge in [-0.3, -0.25) is 4.79 Å². The molecule has 1 aromatic heterocycles. The third kappa shape index (κ3) is 5.60. The van der Waals surface area contributed by atoms with Crippen LogP contribution in [0.3, 0.4) is 0 Å². The highest BCUT2D eigenvalue weighted by molar-refractivity contribution is 7.98. The van der Waals surface area contributed by atoms with Crippen LogP contribution in [0.1, 0.15) is 43.3 Å². The van der Waals surface area contributed by atoms with Gasteiger partial charge in [-0.2, -0.15) is 11.8 Å². The molecule has 1 fully saturated rings. The maximum Gasteiger partial charge on any atom is 0.223 e. The zero-order valence-corrected chi connectivity index (χ0v) is 14.4. The van der Waals surface area contributed by atoms with Crippen molar-refractivity contribution in [2.24, 2.45) is 0 Å². The lowest BCUT2D eigenvalue weighted by Crippen LogP contribution is -2.33. The second kappa shape index (κ2) is 7.61. The third-order valence-electron chi connectivity index (χ3n) is 3.79. The van der Waals surface area contributed by atoms with Gasteiger partial charge >= 0.3 is 0 Å². The monoisotopic (exact) mass is 328 g/mol. The summed E-state index contributed by atoms with van der Waals surface area (Å²) in [4.78, 5) is 18.5. The first-order valence-corrected chi connectivity index (χ1v) is 9.49. The van der Waals surface area contributed by atoms with Crippen molar-refractivity contribution in [2.45, 2.75) is 50.9 Å². The molecular weight excluding hydrogens is 304 g/mol. The molecule has 0 spiro atoms. The van der Waals surface area contributed by atoms with Crippen LogP contribution in [0.5, 0.6) is 0 Å². The second-order valence-electron chi connectivity index (χ2n) is 5.89. The van der Waals surface area contributed by atoms with E-state index in [2.05, 4.69) is 10.4 Å². The second-order valence-corrected chi connectivity index (χ2v) is 8.06. The smallest absolute Gasteiger partial charge is 0.223 e. The number of likely N-dealkylation sites (tertiary alicyclic amines) is 1. The number of carbonyl (C=O) groups is 1. The maximum absolute atomic E-state index is 12.2. The number of aromatic nitrogens is 1. The molecule has 1 aliphatic rings. The predicted molar refractivity (Wildman–Crippen MR) is 88.7 cm³/mol. The van der Waals surface area contributed by atoms with Gasteiger partial charge in [0.15, 0.2) is 0 Å². The molecule has 2 heterocycles. The van der Waals surface area contributed by atoms with Gasteiger partial charge in [0.05, 0.1) is 16.3 Å². The molecule has 6 heteroatoms. The minimum absolute atomic E-state index is 0.217. The highest BCUT2D eigenvalue weighted by atomic mass is 32.2. The van der Waals surface area contributed by atoms with E-state index in [-0.39, 0.29) is 5.91 Å². The molecule has 2 rings (SSSR count). The third-order valence-corrected chi connectivity index (χ3v) is 5.61. The standard InChI is InChI=1S/C15H24N2O2S2/c1-12-16-13(11-21-12)10-20-9-4-14(18)17-7-3-5-15(2,19)6-8-17/h11,19H,3-10H2,1-2H3. The number of rotatable bonds is 5. The number of amides is 1. The van der Waals surface area contributed by atoms with Gasteiger partial charge in [-0.25, -0.2) is 4.98 Å². The molecule has 1 amide bonds. The molecule has 0 aromatic carbocycles. The zero-order valence-electron chi connectivity index (χ0n) is 12.8. The SMILES string of the molecule is Cc1nc(CSCCC(=O)N2CCCC(C)(O)CC2)cs1. The van der Waals surface area contributed by atoms with Crippen molar-refractivity contribution >= 4 is 29.0 Å². The molecule has 0 bridgehead atoms. The topological polar surface area (TPSA) is 53.4 Å². The van der Waals surface area contributed by atoms with Crippen LogP contribution in [0.15, 0.2) is 5.38 Å². The molecule has 1 atom stereocenters. The predicted octanol–water partition coefficient (Wildman–Crippen LogP) is 2.84. The first-order valence-electron chi connectivity index (χ1n) is 7.45. The van der Waals surface area contributed by atoms with Gasteiger partial charge in [0, 0.05) is 36.4 Å². The summed E-state index contributed by atoms with van der Waals surface area (Å²) in [7, 11) is 0. The molecule has 1 aliphatic heterocycles. The molecule has 0 radical (unpaired) electrons. The number of aryl methyl sites for hydroxylation is 1. The summed E-state index contributed by atoms with van der Waals surface area (Å²) in [5.41, 5.74) is 0.507. The Balaban J connectivity index is 1.67. The fourth-order valence-corrected chi connectivity index (χ4v) is 4.02. The van der Waals surface area contributed by atoms with Crippen molar-refractivity contribution in [1.29, 1.82) is 0 Å². The summed E-state index contributed by atoms with van der Waals surface area (Å²) in [5, 5.41) is 13.2. The summed E-state index contributed by atoms with van der Waals surface area (Å²) >= 11 is 3.43. The van der Waals surface area contributed by atoms with Crippen LogP contribution in [-0.4, -0.2) is 45.3 Å². The van der Waals surface area contributed by atoms with E-state index in [0.29, 0.717) is 19.4 Å². The Morgan fingerprint density at radius 2 is 2.33 bits per heavy atom. The molecule has 0 saturated carbocycles. The van der Waals surface area contributed by atoms with E-state index >= 15 is 0 Å². The highest BCUT2D eigenvalue weighted by Gasteiger charge is 2.26. The highest BCUT2D eigenvalue weighted by Crippen LogP contribution is 2.22. The average Bonchev–Trinajstić information content (AvgIpc) is 2.74. The van der Waals surface area contributed by atoms with Crippen molar-refractivity contribution in [3.63, 3.8) is 0 Å². The summed E-state index contributed by atoms with van der Waals surface area (Å²) in [6.07, 6.45) is 2.94. The van der Waals surface area contributed by atoms with Gasteiger partial charge in [-0.15, -0.1) is 11.3 Å². The van der Waals surface area contributed by atoms with Gasteiger partial charge in [0.25, 0.3) is 0 Å². The Morgan fingerprint density at radius 1 is 1.52 bits per heavy atom. The summed E-state index contributed by atoms with van der Waals surface area (Å²) < 4.78 is 0. The number of thiazole rings is 1. The Morgan fingerprint density at radius 3 is 3.05 bits per heavy atom. The van der Waals surface area contributed by atoms with Crippen molar-refractivity contribution in [2.75, 3.05) is 18.8 Å². The number of thioether (sulfide) groups is 1. The van der Waals surface area contributed by atoms with Crippen molar-refractivity contribution < 1.29 is 9.90 Å². The summed E-state index contributed by atoms with van der Waals surface area (Å²) in [6, 6.07) is 0. The first kappa shape index (κ1) is 16.8. The minimum Gasteiger partial charge on any atom is -0.390 e. The lowest BCUT2D eigenvalue weighted by molar-refractivity contribution is -0.130. The van der Waals surface area contributed by atoms with Crippen molar-refractivity contribution in [1.82, 2.24) is 9.88 Å².